The summed E-state index contributed by atoms with van der Waals surface area (Å²) in [6.07, 6.45) is 2.43. The van der Waals surface area contributed by atoms with Crippen LogP contribution in [0.3, 0.4) is 0 Å². The van der Waals surface area contributed by atoms with Crippen LogP contribution in [0, 0.1) is 37.5 Å². The third-order valence-electron chi connectivity index (χ3n) is 10.8. The molecular formula is C38H37N3O7. The average Bonchev–Trinajstić information content (AvgIpc) is 3.44. The van der Waals surface area contributed by atoms with Gasteiger partial charge in [-0.25, -0.2) is 0 Å². The van der Waals surface area contributed by atoms with Crippen molar-refractivity contribution in [2.45, 2.75) is 50.9 Å². The van der Waals surface area contributed by atoms with Crippen molar-refractivity contribution in [1.29, 1.82) is 0 Å². The highest BCUT2D eigenvalue weighted by atomic mass is 16.4. The van der Waals surface area contributed by atoms with Crippen molar-refractivity contribution in [2.75, 3.05) is 12.0 Å². The van der Waals surface area contributed by atoms with Crippen molar-refractivity contribution in [3.8, 4) is 5.75 Å². The predicted octanol–water partition coefficient (Wildman–Crippen LogP) is 4.86. The van der Waals surface area contributed by atoms with Gasteiger partial charge in [0.05, 0.1) is 28.9 Å². The molecule has 3 aromatic rings. The molecule has 0 aromatic heterocycles. The van der Waals surface area contributed by atoms with Crippen LogP contribution >= 0.6 is 0 Å². The Labute approximate surface area is 278 Å². The molecule has 2 saturated heterocycles. The lowest BCUT2D eigenvalue weighted by molar-refractivity contribution is -0.142. The van der Waals surface area contributed by atoms with E-state index in [2.05, 4.69) is 5.43 Å². The molecule has 3 aromatic carbocycles. The Morgan fingerprint density at radius 3 is 2.33 bits per heavy atom. The smallest absolute Gasteiger partial charge is 0.303 e. The maximum absolute atomic E-state index is 15.1. The number of imide groups is 2. The number of fused-ring (bicyclic) bond motifs is 4. The molecule has 10 heteroatoms. The van der Waals surface area contributed by atoms with Crippen LogP contribution in [0.25, 0.3) is 0 Å². The van der Waals surface area contributed by atoms with Crippen LogP contribution < -0.4 is 5.43 Å². The Balaban J connectivity index is 1.39. The van der Waals surface area contributed by atoms with Gasteiger partial charge in [0.25, 0.3) is 11.8 Å². The Hall–Kier alpha value is -5.25. The summed E-state index contributed by atoms with van der Waals surface area (Å²) in [5.41, 5.74) is 6.13. The zero-order valence-electron chi connectivity index (χ0n) is 26.8. The molecular weight excluding hydrogens is 610 g/mol. The average molecular weight is 648 g/mol. The van der Waals surface area contributed by atoms with E-state index >= 15 is 4.79 Å². The second kappa shape index (κ2) is 11.8. The summed E-state index contributed by atoms with van der Waals surface area (Å²) in [6, 6.07) is 21.9. The van der Waals surface area contributed by atoms with Gasteiger partial charge in [-0.2, -0.15) is 5.01 Å². The fourth-order valence-electron chi connectivity index (χ4n) is 8.65. The lowest BCUT2D eigenvalue weighted by atomic mass is 9.49. The number of hydrogen-bond donors (Lipinski definition) is 3. The topological polar surface area (TPSA) is 144 Å². The van der Waals surface area contributed by atoms with Gasteiger partial charge in [0.15, 0.2) is 0 Å². The van der Waals surface area contributed by atoms with E-state index < -0.39 is 52.8 Å². The van der Waals surface area contributed by atoms with Gasteiger partial charge in [-0.1, -0.05) is 71.8 Å². The van der Waals surface area contributed by atoms with E-state index in [1.807, 2.05) is 73.7 Å². The second-order valence-corrected chi connectivity index (χ2v) is 13.5. The van der Waals surface area contributed by atoms with Gasteiger partial charge in [0.2, 0.25) is 11.8 Å². The minimum Gasteiger partial charge on any atom is -0.508 e. The number of benzene rings is 3. The predicted molar refractivity (Wildman–Crippen MR) is 175 cm³/mol. The van der Waals surface area contributed by atoms with Crippen molar-refractivity contribution < 1.29 is 34.2 Å². The number of carbonyl (C=O) groups excluding carboxylic acids is 4. The number of anilines is 1. The number of aliphatic carboxylic acids is 1. The monoisotopic (exact) mass is 647 g/mol. The summed E-state index contributed by atoms with van der Waals surface area (Å²) >= 11 is 0. The number of nitrogens with zero attached hydrogens (tertiary/aromatic N) is 2. The number of carbonyl (C=O) groups is 5. The van der Waals surface area contributed by atoms with E-state index in [0.29, 0.717) is 16.8 Å². The summed E-state index contributed by atoms with van der Waals surface area (Å²) in [4.78, 5) is 69.8. The number of nitrogens with one attached hydrogen (secondary N) is 1. The molecule has 7 rings (SSSR count). The minimum absolute atomic E-state index is 0.0165. The molecule has 4 amide bonds. The number of allylic oxidation sites excluding steroid dienone is 2. The molecule has 10 nitrogen and oxygen atoms in total. The lowest BCUT2D eigenvalue weighted by Crippen LogP contribution is -2.53. The van der Waals surface area contributed by atoms with Gasteiger partial charge in [0.1, 0.15) is 5.75 Å². The number of likely N-dealkylation sites (tertiary alicyclic amines) is 1. The van der Waals surface area contributed by atoms with Crippen LogP contribution in [0.1, 0.15) is 53.9 Å². The number of carboxylic acid groups (broad SMARTS) is 1. The van der Waals surface area contributed by atoms with Gasteiger partial charge in [-0.05, 0) is 73.9 Å². The van der Waals surface area contributed by atoms with Crippen LogP contribution in [0.2, 0.25) is 0 Å². The maximum atomic E-state index is 15.1. The molecule has 3 fully saturated rings. The summed E-state index contributed by atoms with van der Waals surface area (Å²) < 4.78 is 0. The SMILES string of the molecule is Cc1ccc(NN2C(=O)[C@@H]3C[C@@H]4C(=CC[C@@H]5C(=O)N(CCCC(=O)O)C(=O)[C@@H]54)[C@H](c4ccc(O)c(C)c4)[C@]3(c3ccccc3)C2=O)cc1. The molecule has 48 heavy (non-hydrogen) atoms. The van der Waals surface area contributed by atoms with E-state index in [-0.39, 0.29) is 49.8 Å². The largest absolute Gasteiger partial charge is 0.508 e. The summed E-state index contributed by atoms with van der Waals surface area (Å²) in [5.74, 6) is -5.85. The standard InChI is InChI=1S/C38H37N3O7/c1-21-10-13-25(14-11-21)39-41-35(46)29-20-28-26(15-16-27-32(28)36(47)40(34(27)45)18-6-9-31(43)44)33(23-12-17-30(42)22(2)19-23)38(29,37(41)48)24-7-4-3-5-8-24/h3-5,7-8,10-15,17,19,27-29,32-33,39,42H,6,9,16,18,20H2,1-2H3,(H,43,44)/t27-,28+,29-,32-,33-,38+/m0/s1. The third kappa shape index (κ3) is 4.72. The van der Waals surface area contributed by atoms with Gasteiger partial charge >= 0.3 is 5.97 Å². The van der Waals surface area contributed by atoms with E-state index in [1.54, 1.807) is 19.1 Å². The molecule has 2 aliphatic heterocycles. The summed E-state index contributed by atoms with van der Waals surface area (Å²) in [5, 5.41) is 20.8. The molecule has 6 atom stereocenters. The summed E-state index contributed by atoms with van der Waals surface area (Å²) in [6.45, 7) is 3.74. The first kappa shape index (κ1) is 31.4. The van der Waals surface area contributed by atoms with Crippen LogP contribution in [0.15, 0.2) is 84.4 Å². The molecule has 0 spiro atoms. The first-order valence-electron chi connectivity index (χ1n) is 16.4. The number of hydrazine groups is 1. The first-order chi connectivity index (χ1) is 23.0. The van der Waals surface area contributed by atoms with Crippen LogP contribution in [-0.4, -0.2) is 56.3 Å². The number of phenolic OH excluding ortho intramolecular Hbond substituents is 1. The van der Waals surface area contributed by atoms with Crippen LogP contribution in [0.5, 0.6) is 5.75 Å². The van der Waals surface area contributed by atoms with Gasteiger partial charge in [0, 0.05) is 18.9 Å². The van der Waals surface area contributed by atoms with Gasteiger partial charge in [-0.3, -0.25) is 34.3 Å². The molecule has 1 saturated carbocycles. The van der Waals surface area contributed by atoms with E-state index in [9.17, 15) is 24.3 Å². The highest BCUT2D eigenvalue weighted by molar-refractivity contribution is 6.13. The van der Waals surface area contributed by atoms with Crippen molar-refractivity contribution >= 4 is 35.3 Å². The number of aryl methyl sites for hydroxylation is 2. The summed E-state index contributed by atoms with van der Waals surface area (Å²) in [7, 11) is 0. The molecule has 0 unspecified atom stereocenters. The van der Waals surface area contributed by atoms with Gasteiger partial charge in [-0.15, -0.1) is 0 Å². The van der Waals surface area contributed by atoms with E-state index in [0.717, 1.165) is 21.7 Å². The zero-order valence-corrected chi connectivity index (χ0v) is 26.8. The molecule has 3 N–H and O–H groups in total. The highest BCUT2D eigenvalue weighted by Gasteiger charge is 2.70. The molecule has 2 heterocycles. The number of hydrogen-bond acceptors (Lipinski definition) is 7. The van der Waals surface area contributed by atoms with E-state index in [1.165, 1.54) is 4.90 Å². The number of aromatic hydroxyl groups is 1. The maximum Gasteiger partial charge on any atom is 0.303 e. The molecule has 246 valence electrons. The zero-order chi connectivity index (χ0) is 33.9. The van der Waals surface area contributed by atoms with Crippen LogP contribution in [-0.2, 0) is 29.4 Å². The minimum atomic E-state index is -1.39. The second-order valence-electron chi connectivity index (χ2n) is 13.5. The van der Waals surface area contributed by atoms with E-state index in [4.69, 9.17) is 5.11 Å². The lowest BCUT2D eigenvalue weighted by Gasteiger charge is -2.50. The Morgan fingerprint density at radius 2 is 1.65 bits per heavy atom. The number of amides is 4. The van der Waals surface area contributed by atoms with Crippen molar-refractivity contribution in [3.63, 3.8) is 0 Å². The number of rotatable bonds is 8. The van der Waals surface area contributed by atoms with Gasteiger partial charge < -0.3 is 10.2 Å². The third-order valence-corrected chi connectivity index (χ3v) is 10.8. The molecule has 4 aliphatic rings. The fraction of sp³-hybridized carbons (Fsp3) is 0.342. The quantitative estimate of drug-likeness (QED) is 0.232. The van der Waals surface area contributed by atoms with Crippen molar-refractivity contribution in [3.05, 3.63) is 107 Å². The first-order valence-corrected chi connectivity index (χ1v) is 16.4. The van der Waals surface area contributed by atoms with Crippen molar-refractivity contribution in [1.82, 2.24) is 9.91 Å². The molecule has 0 bridgehead atoms. The number of phenols is 1. The molecule has 2 aliphatic carbocycles. The normalized spacial score (nSPS) is 27.8. The van der Waals surface area contributed by atoms with Crippen LogP contribution in [0.4, 0.5) is 5.69 Å². The Bertz CT molecular complexity index is 1870. The highest BCUT2D eigenvalue weighted by Crippen LogP contribution is 2.64. The molecule has 0 radical (unpaired) electrons. The number of carboxylic acids is 1. The Kier molecular flexibility index (Phi) is 7.69. The Morgan fingerprint density at radius 1 is 0.917 bits per heavy atom. The van der Waals surface area contributed by atoms with Crippen molar-refractivity contribution in [2.24, 2.45) is 23.7 Å². The fourth-order valence-corrected chi connectivity index (χ4v) is 8.65.